The number of aromatic hydroxyl groups is 2. The van der Waals surface area contributed by atoms with Gasteiger partial charge in [0.1, 0.15) is 0 Å². The predicted octanol–water partition coefficient (Wildman–Crippen LogP) is 1.62. The lowest BCUT2D eigenvalue weighted by Crippen LogP contribution is -2.39. The average Bonchev–Trinajstić information content (AvgIpc) is 2.91. The number of carbonyl (C=O) groups is 4. The van der Waals surface area contributed by atoms with E-state index in [1.165, 1.54) is 36.2 Å². The Morgan fingerprint density at radius 3 is 1.26 bits per heavy atom. The van der Waals surface area contributed by atoms with Crippen LogP contribution in [0.2, 0.25) is 0 Å². The molecular formula is C28H36N2O12. The van der Waals surface area contributed by atoms with E-state index in [0.717, 1.165) is 0 Å². The highest BCUT2D eigenvalue weighted by Gasteiger charge is 2.21. The van der Waals surface area contributed by atoms with E-state index < -0.39 is 37.0 Å². The second-order valence-corrected chi connectivity index (χ2v) is 9.61. The van der Waals surface area contributed by atoms with Gasteiger partial charge in [0.15, 0.2) is 23.0 Å². The molecule has 14 nitrogen and oxygen atoms in total. The van der Waals surface area contributed by atoms with E-state index in [1.54, 1.807) is 12.1 Å². The van der Waals surface area contributed by atoms with Crippen LogP contribution >= 0.6 is 0 Å². The number of aliphatic carboxylic acids is 4. The number of phenols is 2. The number of benzene rings is 2. The lowest BCUT2D eigenvalue weighted by atomic mass is 10.0. The van der Waals surface area contributed by atoms with E-state index in [0.29, 0.717) is 22.3 Å². The molecule has 2 rings (SSSR count). The van der Waals surface area contributed by atoms with Crippen molar-refractivity contribution in [1.29, 1.82) is 0 Å². The van der Waals surface area contributed by atoms with Gasteiger partial charge in [0, 0.05) is 50.1 Å². The molecule has 0 saturated carbocycles. The summed E-state index contributed by atoms with van der Waals surface area (Å²) in [6.45, 7) is -0.966. The number of ether oxygens (including phenoxy) is 2. The molecule has 0 saturated heterocycles. The number of methoxy groups -OCH3 is 2. The molecule has 0 atom stereocenters. The Labute approximate surface area is 241 Å². The maximum absolute atomic E-state index is 11.6. The average molecular weight is 593 g/mol. The molecule has 0 bridgehead atoms. The molecule has 6 N–H and O–H groups in total. The van der Waals surface area contributed by atoms with Gasteiger partial charge in [-0.1, -0.05) is 12.1 Å². The SMILES string of the molecule is COc1cc(CCC(=O)O)cc(CN(CCN(CC(=O)O)Cc2cc(CCC(=O)O)cc(OC)c2O)CC(=O)O)c1O. The summed E-state index contributed by atoms with van der Waals surface area (Å²) in [7, 11) is 2.67. The third-order valence-electron chi connectivity index (χ3n) is 6.36. The number of rotatable bonds is 19. The van der Waals surface area contributed by atoms with Crippen molar-refractivity contribution in [3.63, 3.8) is 0 Å². The molecule has 0 unspecified atom stereocenters. The molecule has 0 fully saturated rings. The number of hydrogen-bond donors (Lipinski definition) is 6. The minimum atomic E-state index is -1.17. The second kappa shape index (κ2) is 16.0. The largest absolute Gasteiger partial charge is 0.504 e. The minimum Gasteiger partial charge on any atom is -0.504 e. The van der Waals surface area contributed by atoms with Crippen LogP contribution in [-0.2, 0) is 45.1 Å². The fourth-order valence-electron chi connectivity index (χ4n) is 4.38. The summed E-state index contributed by atoms with van der Waals surface area (Å²) in [6, 6.07) is 6.14. The van der Waals surface area contributed by atoms with Crippen LogP contribution in [0.3, 0.4) is 0 Å². The Balaban J connectivity index is 2.31. The number of hydrogen-bond acceptors (Lipinski definition) is 10. The van der Waals surface area contributed by atoms with Gasteiger partial charge in [-0.15, -0.1) is 0 Å². The first-order valence-corrected chi connectivity index (χ1v) is 12.9. The number of aryl methyl sites for hydroxylation is 2. The van der Waals surface area contributed by atoms with Gasteiger partial charge < -0.3 is 40.1 Å². The molecule has 0 radical (unpaired) electrons. The summed E-state index contributed by atoms with van der Waals surface area (Å²) in [6.07, 6.45) is -0.0114. The maximum Gasteiger partial charge on any atom is 0.317 e. The maximum atomic E-state index is 11.6. The molecule has 230 valence electrons. The quantitative estimate of drug-likeness (QED) is 0.137. The van der Waals surface area contributed by atoms with Gasteiger partial charge in [0.25, 0.3) is 0 Å². The number of carboxylic acids is 4. The van der Waals surface area contributed by atoms with Gasteiger partial charge in [0.05, 0.1) is 27.3 Å². The highest BCUT2D eigenvalue weighted by Crippen LogP contribution is 2.34. The number of carboxylic acid groups (broad SMARTS) is 4. The summed E-state index contributed by atoms with van der Waals surface area (Å²) in [5, 5.41) is 58.4. The van der Waals surface area contributed by atoms with Crippen LogP contribution < -0.4 is 9.47 Å². The van der Waals surface area contributed by atoms with Crippen molar-refractivity contribution in [3.05, 3.63) is 46.5 Å². The summed E-state index contributed by atoms with van der Waals surface area (Å²) in [5.74, 6) is -4.61. The van der Waals surface area contributed by atoms with Crippen LogP contribution in [0.5, 0.6) is 23.0 Å². The highest BCUT2D eigenvalue weighted by atomic mass is 16.5. The first-order chi connectivity index (χ1) is 19.8. The van der Waals surface area contributed by atoms with Crippen LogP contribution in [0, 0.1) is 0 Å². The van der Waals surface area contributed by atoms with Crippen LogP contribution in [0.4, 0.5) is 0 Å². The van der Waals surface area contributed by atoms with Gasteiger partial charge in [-0.3, -0.25) is 29.0 Å². The van der Waals surface area contributed by atoms with Crippen molar-refractivity contribution < 1.29 is 59.3 Å². The number of nitrogens with zero attached hydrogens (tertiary/aromatic N) is 2. The van der Waals surface area contributed by atoms with Crippen LogP contribution in [0.15, 0.2) is 24.3 Å². The van der Waals surface area contributed by atoms with E-state index in [-0.39, 0.29) is 74.9 Å². The molecule has 0 amide bonds. The highest BCUT2D eigenvalue weighted by molar-refractivity contribution is 5.70. The summed E-state index contributed by atoms with van der Waals surface area (Å²) in [5.41, 5.74) is 1.73. The molecule has 42 heavy (non-hydrogen) atoms. The van der Waals surface area contributed by atoms with E-state index in [9.17, 15) is 39.6 Å². The standard InChI is InChI=1S/C28H36N2O12/c1-41-21-11-17(3-5-23(31)32)9-19(27(21)39)13-29(15-25(35)36)7-8-30(16-26(37)38)14-20-10-18(4-6-24(33)34)12-22(42-2)28(20)40/h9-12,39-40H,3-8,13-16H2,1-2H3,(H,31,32)(H,33,34)(H,35,36)(H,37,38). The normalized spacial score (nSPS) is 11.0. The molecule has 0 aliphatic carbocycles. The van der Waals surface area contributed by atoms with Gasteiger partial charge >= 0.3 is 23.9 Å². The molecule has 2 aromatic rings. The zero-order chi connectivity index (χ0) is 31.4. The van der Waals surface area contributed by atoms with Gasteiger partial charge in [-0.2, -0.15) is 0 Å². The van der Waals surface area contributed by atoms with Crippen molar-refractivity contribution in [2.24, 2.45) is 0 Å². The zero-order valence-corrected chi connectivity index (χ0v) is 23.4. The Hall–Kier alpha value is -4.56. The van der Waals surface area contributed by atoms with Crippen molar-refractivity contribution in [3.8, 4) is 23.0 Å². The zero-order valence-electron chi connectivity index (χ0n) is 23.4. The van der Waals surface area contributed by atoms with Gasteiger partial charge in [-0.25, -0.2) is 0 Å². The van der Waals surface area contributed by atoms with Crippen LogP contribution in [0.25, 0.3) is 0 Å². The number of phenolic OH excluding ortho intramolecular Hbond substituents is 2. The van der Waals surface area contributed by atoms with E-state index in [4.69, 9.17) is 19.7 Å². The minimum absolute atomic E-state index is 0.0390. The molecule has 0 spiro atoms. The Morgan fingerprint density at radius 1 is 0.619 bits per heavy atom. The van der Waals surface area contributed by atoms with Crippen molar-refractivity contribution in [1.82, 2.24) is 9.80 Å². The van der Waals surface area contributed by atoms with Crippen molar-refractivity contribution in [2.45, 2.75) is 38.8 Å². The molecule has 0 heterocycles. The summed E-state index contributed by atoms with van der Waals surface area (Å²) in [4.78, 5) is 48.3. The first-order valence-electron chi connectivity index (χ1n) is 12.9. The fourth-order valence-corrected chi connectivity index (χ4v) is 4.38. The molecule has 2 aromatic carbocycles. The monoisotopic (exact) mass is 592 g/mol. The third kappa shape index (κ3) is 10.8. The van der Waals surface area contributed by atoms with Crippen LogP contribution in [0.1, 0.15) is 35.1 Å². The van der Waals surface area contributed by atoms with Crippen molar-refractivity contribution >= 4 is 23.9 Å². The Bertz CT molecular complexity index is 1180. The molecule has 14 heteroatoms. The third-order valence-corrected chi connectivity index (χ3v) is 6.36. The van der Waals surface area contributed by atoms with E-state index in [1.807, 2.05) is 0 Å². The van der Waals surface area contributed by atoms with E-state index >= 15 is 0 Å². The van der Waals surface area contributed by atoms with Gasteiger partial charge in [-0.05, 0) is 36.1 Å². The topological polar surface area (TPSA) is 215 Å². The lowest BCUT2D eigenvalue weighted by Gasteiger charge is -2.27. The predicted molar refractivity (Wildman–Crippen MR) is 147 cm³/mol. The lowest BCUT2D eigenvalue weighted by molar-refractivity contribution is -0.140. The first kappa shape index (κ1) is 33.6. The van der Waals surface area contributed by atoms with Gasteiger partial charge in [0.2, 0.25) is 0 Å². The summed E-state index contributed by atoms with van der Waals surface area (Å²) < 4.78 is 10.4. The smallest absolute Gasteiger partial charge is 0.317 e. The molecule has 0 aliphatic heterocycles. The molecule has 0 aliphatic rings. The Morgan fingerprint density at radius 2 is 0.976 bits per heavy atom. The molecular weight excluding hydrogens is 556 g/mol. The van der Waals surface area contributed by atoms with Crippen LogP contribution in [-0.4, -0.2) is 105 Å². The second-order valence-electron chi connectivity index (χ2n) is 9.61. The van der Waals surface area contributed by atoms with Crippen molar-refractivity contribution in [2.75, 3.05) is 40.4 Å². The Kier molecular flexibility index (Phi) is 12.8. The molecule has 0 aromatic heterocycles. The van der Waals surface area contributed by atoms with E-state index in [2.05, 4.69) is 0 Å². The fraction of sp³-hybridized carbons (Fsp3) is 0.429. The summed E-state index contributed by atoms with van der Waals surface area (Å²) >= 11 is 0.